The van der Waals surface area contributed by atoms with E-state index in [2.05, 4.69) is 25.0 Å². The van der Waals surface area contributed by atoms with Crippen molar-refractivity contribution < 1.29 is 18.3 Å². The number of rotatable bonds is 8. The Kier molecular flexibility index (Phi) is 6.52. The third-order valence-electron chi connectivity index (χ3n) is 7.96. The number of nitrogens with zero attached hydrogens (tertiary/aromatic N) is 7. The highest BCUT2D eigenvalue weighted by atomic mass is 19.3. The highest BCUT2D eigenvalue weighted by molar-refractivity contribution is 5.84. The Bertz CT molecular complexity index is 1390. The number of methoxy groups -OCH3 is 1. The van der Waals surface area contributed by atoms with Crippen LogP contribution in [0.25, 0.3) is 11.4 Å². The minimum atomic E-state index is -2.72. The molecule has 0 bridgehead atoms. The summed E-state index contributed by atoms with van der Waals surface area (Å²) in [6, 6.07) is 3.77. The summed E-state index contributed by atoms with van der Waals surface area (Å²) in [5.41, 5.74) is 8.96. The number of ether oxygens (including phenoxy) is 1. The first-order valence-electron chi connectivity index (χ1n) is 12.7. The smallest absolute Gasteiger partial charge is 0.297 e. The summed E-state index contributed by atoms with van der Waals surface area (Å²) in [5.74, 6) is 0.908. The van der Waals surface area contributed by atoms with E-state index < -0.39 is 18.2 Å². The van der Waals surface area contributed by atoms with Gasteiger partial charge in [-0.2, -0.15) is 10.1 Å². The van der Waals surface area contributed by atoms with E-state index in [0.29, 0.717) is 47.4 Å². The average Bonchev–Trinajstić information content (AvgIpc) is 3.25. The minimum Gasteiger partial charge on any atom is -0.481 e. The highest BCUT2D eigenvalue weighted by Gasteiger charge is 2.61. The number of piperidine rings is 1. The third-order valence-corrected chi connectivity index (χ3v) is 7.96. The lowest BCUT2D eigenvalue weighted by Gasteiger charge is -2.22. The van der Waals surface area contributed by atoms with Gasteiger partial charge in [0.15, 0.2) is 11.6 Å². The van der Waals surface area contributed by atoms with Gasteiger partial charge in [-0.3, -0.25) is 4.79 Å². The Labute approximate surface area is 219 Å². The molecule has 1 amide bonds. The number of carbonyl (C=O) groups excluding carboxylic acids is 1. The van der Waals surface area contributed by atoms with Crippen molar-refractivity contribution in [2.24, 2.45) is 12.5 Å². The molecular formula is C26H32F2N8O2. The zero-order chi connectivity index (χ0) is 27.4. The zero-order valence-electron chi connectivity index (χ0n) is 22.2. The molecule has 4 heterocycles. The number of carbonyl (C=O) groups is 1. The first-order chi connectivity index (χ1) is 18.0. The Hall–Kier alpha value is -3.70. The maximum atomic E-state index is 13.4. The summed E-state index contributed by atoms with van der Waals surface area (Å²) in [7, 11) is 2.99. The number of nitrogens with two attached hydrogens (primary N) is 1. The standard InChI is InChI=1S/C26H32F2N8O2/c1-13(18-11-20(38-5)32-15(3)31-18)25(37)36-9-8-26(12-19(26)36)7-6-16-10-17(14(2)30-22(16)29)23-33-24(21(27)28)35(4)34-23/h10-11,13,19,21H,6-9,12H2,1-5H3,(H2,29,30)/t13-,19?,26-/m1/s1. The molecule has 10 nitrogen and oxygen atoms in total. The molecule has 5 rings (SSSR count). The van der Waals surface area contributed by atoms with Crippen LogP contribution in [0.5, 0.6) is 5.88 Å². The Morgan fingerprint density at radius 3 is 2.66 bits per heavy atom. The number of likely N-dealkylation sites (tertiary alicyclic amines) is 1. The zero-order valence-corrected chi connectivity index (χ0v) is 22.2. The van der Waals surface area contributed by atoms with E-state index in [1.165, 1.54) is 7.05 Å². The summed E-state index contributed by atoms with van der Waals surface area (Å²) in [4.78, 5) is 32.5. The molecule has 0 spiro atoms. The van der Waals surface area contributed by atoms with Gasteiger partial charge < -0.3 is 15.4 Å². The van der Waals surface area contributed by atoms with Gasteiger partial charge >= 0.3 is 0 Å². The first-order valence-corrected chi connectivity index (χ1v) is 12.7. The van der Waals surface area contributed by atoms with E-state index in [-0.39, 0.29) is 23.2 Å². The molecule has 3 atom stereocenters. The van der Waals surface area contributed by atoms with E-state index in [9.17, 15) is 13.6 Å². The molecule has 1 aliphatic heterocycles. The molecule has 3 aromatic heterocycles. The van der Waals surface area contributed by atoms with Gasteiger partial charge in [0.05, 0.1) is 24.4 Å². The second kappa shape index (κ2) is 9.55. The molecule has 12 heteroatoms. The lowest BCUT2D eigenvalue weighted by Crippen LogP contribution is -2.34. The van der Waals surface area contributed by atoms with E-state index in [1.54, 1.807) is 27.0 Å². The van der Waals surface area contributed by atoms with Crippen LogP contribution in [-0.4, -0.2) is 60.2 Å². The molecular weight excluding hydrogens is 494 g/mol. The van der Waals surface area contributed by atoms with Crippen LogP contribution in [0.3, 0.4) is 0 Å². The number of anilines is 1. The largest absolute Gasteiger partial charge is 0.481 e. The van der Waals surface area contributed by atoms with Gasteiger partial charge in [0, 0.05) is 31.3 Å². The van der Waals surface area contributed by atoms with Gasteiger partial charge in [0.2, 0.25) is 11.8 Å². The Morgan fingerprint density at radius 2 is 2.00 bits per heavy atom. The number of hydrogen-bond acceptors (Lipinski definition) is 8. The molecule has 2 fully saturated rings. The van der Waals surface area contributed by atoms with Crippen LogP contribution >= 0.6 is 0 Å². The van der Waals surface area contributed by atoms with Gasteiger partial charge in [-0.05, 0) is 63.5 Å². The van der Waals surface area contributed by atoms with Crippen LogP contribution in [0.15, 0.2) is 12.1 Å². The monoisotopic (exact) mass is 526 g/mol. The number of amides is 1. The quantitative estimate of drug-likeness (QED) is 0.473. The summed E-state index contributed by atoms with van der Waals surface area (Å²) >= 11 is 0. The molecule has 1 unspecified atom stereocenters. The molecule has 0 aromatic carbocycles. The maximum absolute atomic E-state index is 13.4. The normalized spacial score (nSPS) is 21.1. The SMILES string of the molecule is COc1cc([C@@H](C)C(=O)N2CC[C@]3(CCc4cc(-c5nc(C(F)F)n(C)n5)c(C)nc4N)CC23)nc(C)n1. The van der Waals surface area contributed by atoms with Crippen LogP contribution in [0.4, 0.5) is 14.6 Å². The van der Waals surface area contributed by atoms with E-state index in [0.717, 1.165) is 29.5 Å². The third kappa shape index (κ3) is 4.56. The molecule has 2 N–H and O–H groups in total. The van der Waals surface area contributed by atoms with Gasteiger partial charge in [0.1, 0.15) is 11.6 Å². The van der Waals surface area contributed by atoms with Crippen LogP contribution < -0.4 is 10.5 Å². The van der Waals surface area contributed by atoms with Crippen molar-refractivity contribution in [3.05, 3.63) is 40.7 Å². The predicted molar refractivity (Wildman–Crippen MR) is 136 cm³/mol. The second-order valence-electron chi connectivity index (χ2n) is 10.4. The number of alkyl halides is 2. The fourth-order valence-corrected chi connectivity index (χ4v) is 5.63. The number of nitrogen functional groups attached to an aromatic ring is 1. The van der Waals surface area contributed by atoms with Crippen LogP contribution in [0.2, 0.25) is 0 Å². The second-order valence-corrected chi connectivity index (χ2v) is 10.4. The number of hydrogen-bond donors (Lipinski definition) is 1. The Balaban J connectivity index is 1.28. The van der Waals surface area contributed by atoms with Crippen molar-refractivity contribution in [2.45, 2.75) is 64.8 Å². The topological polar surface area (TPSA) is 125 Å². The van der Waals surface area contributed by atoms with Gasteiger partial charge in [0.25, 0.3) is 6.43 Å². The number of aryl methyl sites for hydroxylation is 4. The highest BCUT2D eigenvalue weighted by Crippen LogP contribution is 2.60. The van der Waals surface area contributed by atoms with E-state index >= 15 is 0 Å². The molecule has 2 aliphatic rings. The fourth-order valence-electron chi connectivity index (χ4n) is 5.63. The number of pyridine rings is 1. The molecule has 1 saturated heterocycles. The molecule has 0 radical (unpaired) electrons. The van der Waals surface area contributed by atoms with Crippen molar-refractivity contribution in [1.29, 1.82) is 0 Å². The summed E-state index contributed by atoms with van der Waals surface area (Å²) in [6.45, 7) is 6.12. The number of aromatic nitrogens is 6. The van der Waals surface area contributed by atoms with E-state index in [4.69, 9.17) is 10.5 Å². The number of fused-ring (bicyclic) bond motifs is 1. The van der Waals surface area contributed by atoms with E-state index in [1.807, 2.05) is 17.9 Å². The van der Waals surface area contributed by atoms with Gasteiger partial charge in [-0.1, -0.05) is 0 Å². The van der Waals surface area contributed by atoms with Crippen LogP contribution in [0, 0.1) is 19.3 Å². The lowest BCUT2D eigenvalue weighted by molar-refractivity contribution is -0.132. The fraction of sp³-hybridized carbons (Fsp3) is 0.538. The van der Waals surface area contributed by atoms with Crippen LogP contribution in [0.1, 0.15) is 67.1 Å². The predicted octanol–water partition coefficient (Wildman–Crippen LogP) is 3.54. The molecule has 1 saturated carbocycles. The van der Waals surface area contributed by atoms with Gasteiger partial charge in [-0.15, -0.1) is 0 Å². The average molecular weight is 527 g/mol. The van der Waals surface area contributed by atoms with Crippen LogP contribution in [-0.2, 0) is 18.3 Å². The molecule has 202 valence electrons. The van der Waals surface area contributed by atoms with Crippen molar-refractivity contribution in [1.82, 2.24) is 34.6 Å². The summed E-state index contributed by atoms with van der Waals surface area (Å²) in [5, 5.41) is 4.16. The Morgan fingerprint density at radius 1 is 1.24 bits per heavy atom. The van der Waals surface area contributed by atoms with Gasteiger partial charge in [-0.25, -0.2) is 28.4 Å². The molecule has 3 aromatic rings. The molecule has 38 heavy (non-hydrogen) atoms. The lowest BCUT2D eigenvalue weighted by atomic mass is 9.94. The number of halogens is 2. The summed E-state index contributed by atoms with van der Waals surface area (Å²) < 4.78 is 32.8. The van der Waals surface area contributed by atoms with Crippen molar-refractivity contribution in [3.8, 4) is 17.3 Å². The van der Waals surface area contributed by atoms with Crippen molar-refractivity contribution in [2.75, 3.05) is 19.4 Å². The van der Waals surface area contributed by atoms with Crippen molar-refractivity contribution >= 4 is 11.7 Å². The minimum absolute atomic E-state index is 0.0538. The van der Waals surface area contributed by atoms with Crippen molar-refractivity contribution in [3.63, 3.8) is 0 Å². The first kappa shape index (κ1) is 25.9. The maximum Gasteiger partial charge on any atom is 0.297 e. The molecule has 1 aliphatic carbocycles. The summed E-state index contributed by atoms with van der Waals surface area (Å²) in [6.07, 6.45) is 0.668.